The van der Waals surface area contributed by atoms with Crippen molar-refractivity contribution in [2.45, 2.75) is 37.5 Å². The van der Waals surface area contributed by atoms with Gasteiger partial charge >= 0.3 is 0 Å². The van der Waals surface area contributed by atoms with E-state index in [0.717, 1.165) is 0 Å². The van der Waals surface area contributed by atoms with Gasteiger partial charge in [-0.3, -0.25) is 4.72 Å². The molecule has 0 unspecified atom stereocenters. The molecule has 3 rings (SSSR count). The topological polar surface area (TPSA) is 144 Å². The van der Waals surface area contributed by atoms with Gasteiger partial charge in [-0.05, 0) is 58.0 Å². The molecule has 0 aliphatic carbocycles. The summed E-state index contributed by atoms with van der Waals surface area (Å²) in [5.41, 5.74) is 1.66. The van der Waals surface area contributed by atoms with E-state index in [0.29, 0.717) is 11.4 Å². The molecule has 0 amide bonds. The van der Waals surface area contributed by atoms with Crippen LogP contribution < -0.4 is 9.44 Å². The van der Waals surface area contributed by atoms with Crippen LogP contribution in [0, 0.1) is 27.7 Å². The van der Waals surface area contributed by atoms with Gasteiger partial charge in [-0.1, -0.05) is 5.16 Å². The molecule has 0 aliphatic rings. The molecule has 2 aromatic heterocycles. The zero-order chi connectivity index (χ0) is 21.4. The van der Waals surface area contributed by atoms with E-state index >= 15 is 0 Å². The van der Waals surface area contributed by atoms with E-state index in [1.54, 1.807) is 19.9 Å². The van der Waals surface area contributed by atoms with Crippen molar-refractivity contribution in [3.8, 4) is 0 Å². The molecule has 29 heavy (non-hydrogen) atoms. The molecule has 0 fully saturated rings. The normalized spacial score (nSPS) is 12.0. The van der Waals surface area contributed by atoms with Crippen molar-refractivity contribution < 1.29 is 21.4 Å². The minimum Gasteiger partial charge on any atom is -0.360 e. The molecule has 0 bridgehead atoms. The van der Waals surface area contributed by atoms with Crippen LogP contribution in [0.5, 0.6) is 0 Å². The average molecular weight is 438 g/mol. The van der Waals surface area contributed by atoms with E-state index in [2.05, 4.69) is 24.6 Å². The molecule has 1 aromatic carbocycles. The Morgan fingerprint density at radius 1 is 0.828 bits per heavy atom. The highest BCUT2D eigenvalue weighted by Gasteiger charge is 2.24. The smallest absolute Gasteiger partial charge is 0.267 e. The molecule has 0 aliphatic heterocycles. The van der Waals surface area contributed by atoms with E-state index in [-0.39, 0.29) is 32.9 Å². The number of aryl methyl sites for hydroxylation is 4. The fraction of sp³-hybridized carbons (Fsp3) is 0.235. The molecule has 0 atom stereocenters. The third-order valence-corrected chi connectivity index (χ3v) is 6.83. The lowest BCUT2D eigenvalue weighted by Crippen LogP contribution is -2.16. The average Bonchev–Trinajstić information content (AvgIpc) is 2.93. The first-order valence-electron chi connectivity index (χ1n) is 8.39. The van der Waals surface area contributed by atoms with Crippen molar-refractivity contribution in [3.63, 3.8) is 0 Å². The highest BCUT2D eigenvalue weighted by Crippen LogP contribution is 2.23. The molecule has 0 saturated heterocycles. The molecule has 154 valence electrons. The molecule has 0 spiro atoms. The van der Waals surface area contributed by atoms with Crippen LogP contribution in [0.2, 0.25) is 0 Å². The first kappa shape index (κ1) is 20.7. The van der Waals surface area contributed by atoms with Gasteiger partial charge in [0.2, 0.25) is 5.95 Å². The monoisotopic (exact) mass is 437 g/mol. The molecular weight excluding hydrogens is 418 g/mol. The summed E-state index contributed by atoms with van der Waals surface area (Å²) in [5, 5.41) is 3.63. The second kappa shape index (κ2) is 7.44. The number of nitrogens with zero attached hydrogens (tertiary/aromatic N) is 3. The van der Waals surface area contributed by atoms with Crippen LogP contribution in [0.4, 0.5) is 11.6 Å². The van der Waals surface area contributed by atoms with Gasteiger partial charge in [0.1, 0.15) is 5.69 Å². The lowest BCUT2D eigenvalue weighted by molar-refractivity contribution is 0.390. The molecule has 2 N–H and O–H groups in total. The third kappa shape index (κ3) is 4.54. The van der Waals surface area contributed by atoms with Gasteiger partial charge in [0.25, 0.3) is 20.0 Å². The first-order valence-corrected chi connectivity index (χ1v) is 11.4. The number of rotatable bonds is 6. The molecule has 12 heteroatoms. The van der Waals surface area contributed by atoms with Gasteiger partial charge < -0.3 is 4.52 Å². The van der Waals surface area contributed by atoms with Crippen LogP contribution in [0.15, 0.2) is 44.6 Å². The van der Waals surface area contributed by atoms with E-state index in [1.165, 1.54) is 38.1 Å². The minimum atomic E-state index is -3.94. The molecule has 0 radical (unpaired) electrons. The summed E-state index contributed by atoms with van der Waals surface area (Å²) in [5.74, 6) is 0.123. The Bertz CT molecular complexity index is 1230. The Balaban J connectivity index is 1.82. The lowest BCUT2D eigenvalue weighted by atomic mass is 10.3. The van der Waals surface area contributed by atoms with Crippen molar-refractivity contribution >= 4 is 31.7 Å². The second-order valence-corrected chi connectivity index (χ2v) is 9.66. The molecule has 3 aromatic rings. The molecule has 0 saturated carbocycles. The van der Waals surface area contributed by atoms with Crippen LogP contribution in [-0.2, 0) is 20.0 Å². The van der Waals surface area contributed by atoms with Crippen molar-refractivity contribution in [3.05, 3.63) is 53.2 Å². The van der Waals surface area contributed by atoms with Crippen molar-refractivity contribution in [1.82, 2.24) is 15.1 Å². The second-order valence-electron chi connectivity index (χ2n) is 6.36. The Labute approximate surface area is 168 Å². The van der Waals surface area contributed by atoms with Gasteiger partial charge in [0.15, 0.2) is 10.7 Å². The van der Waals surface area contributed by atoms with Crippen molar-refractivity contribution in [1.29, 1.82) is 0 Å². The Morgan fingerprint density at radius 2 is 1.41 bits per heavy atom. The zero-order valence-corrected chi connectivity index (χ0v) is 17.7. The molecule has 10 nitrogen and oxygen atoms in total. The Hall–Kier alpha value is -2.99. The van der Waals surface area contributed by atoms with Gasteiger partial charge in [-0.15, -0.1) is 0 Å². The van der Waals surface area contributed by atoms with E-state index in [1.807, 2.05) is 0 Å². The predicted molar refractivity (Wildman–Crippen MR) is 106 cm³/mol. The van der Waals surface area contributed by atoms with Crippen LogP contribution in [0.3, 0.4) is 0 Å². The van der Waals surface area contributed by atoms with Crippen molar-refractivity contribution in [2.75, 3.05) is 9.44 Å². The number of aromatic nitrogens is 3. The van der Waals surface area contributed by atoms with E-state index < -0.39 is 20.0 Å². The number of hydrogen-bond donors (Lipinski definition) is 2. The van der Waals surface area contributed by atoms with Crippen LogP contribution in [0.25, 0.3) is 0 Å². The standard InChI is InChI=1S/C17H19N5O5S2/c1-10-9-11(2)19-17(18-10)22-28(23,24)15-7-5-14(6-8-15)21-29(25,26)16-12(3)20-27-13(16)4/h5-9,21H,1-4H3,(H,18,19,22). The summed E-state index contributed by atoms with van der Waals surface area (Å²) in [6, 6.07) is 6.95. The van der Waals surface area contributed by atoms with Crippen LogP contribution in [0.1, 0.15) is 22.8 Å². The largest absolute Gasteiger partial charge is 0.360 e. The SMILES string of the molecule is Cc1cc(C)nc(NS(=O)(=O)c2ccc(NS(=O)(=O)c3c(C)noc3C)cc2)n1. The minimum absolute atomic E-state index is 0.0364. The summed E-state index contributed by atoms with van der Waals surface area (Å²) >= 11 is 0. The van der Waals surface area contributed by atoms with Gasteiger partial charge in [-0.2, -0.15) is 0 Å². The fourth-order valence-electron chi connectivity index (χ4n) is 2.72. The van der Waals surface area contributed by atoms with Crippen LogP contribution >= 0.6 is 0 Å². The Morgan fingerprint density at radius 3 is 1.93 bits per heavy atom. The summed E-state index contributed by atoms with van der Waals surface area (Å²) in [4.78, 5) is 7.97. The highest BCUT2D eigenvalue weighted by atomic mass is 32.2. The highest BCUT2D eigenvalue weighted by molar-refractivity contribution is 7.93. The number of hydrogen-bond acceptors (Lipinski definition) is 8. The third-order valence-electron chi connectivity index (χ3n) is 3.86. The van der Waals surface area contributed by atoms with Gasteiger partial charge in [-0.25, -0.2) is 31.5 Å². The number of anilines is 2. The predicted octanol–water partition coefficient (Wildman–Crippen LogP) is 2.30. The fourth-order valence-corrected chi connectivity index (χ4v) is 5.05. The maximum atomic E-state index is 12.5. The van der Waals surface area contributed by atoms with E-state index in [4.69, 9.17) is 4.52 Å². The lowest BCUT2D eigenvalue weighted by Gasteiger charge is -2.10. The quantitative estimate of drug-likeness (QED) is 0.598. The maximum absolute atomic E-state index is 12.5. The number of sulfonamides is 2. The summed E-state index contributed by atoms with van der Waals surface area (Å²) in [7, 11) is -7.87. The summed E-state index contributed by atoms with van der Waals surface area (Å²) < 4.78 is 59.7. The Kier molecular flexibility index (Phi) is 5.32. The van der Waals surface area contributed by atoms with Crippen molar-refractivity contribution in [2.24, 2.45) is 0 Å². The zero-order valence-electron chi connectivity index (χ0n) is 16.1. The summed E-state index contributed by atoms with van der Waals surface area (Å²) in [6.45, 7) is 6.46. The number of nitrogens with one attached hydrogen (secondary N) is 2. The van der Waals surface area contributed by atoms with Gasteiger partial charge in [0.05, 0.1) is 4.90 Å². The first-order chi connectivity index (χ1) is 13.5. The maximum Gasteiger partial charge on any atom is 0.267 e. The molecular formula is C17H19N5O5S2. The summed E-state index contributed by atoms with van der Waals surface area (Å²) in [6.07, 6.45) is 0. The number of benzene rings is 1. The van der Waals surface area contributed by atoms with E-state index in [9.17, 15) is 16.8 Å². The van der Waals surface area contributed by atoms with Gasteiger partial charge in [0, 0.05) is 17.1 Å². The molecule has 2 heterocycles. The van der Waals surface area contributed by atoms with Crippen LogP contribution in [-0.4, -0.2) is 32.0 Å².